The molecule has 0 saturated heterocycles. The van der Waals surface area contributed by atoms with Crippen LogP contribution in [0.5, 0.6) is 5.75 Å². The second-order valence-electron chi connectivity index (χ2n) is 4.55. The van der Waals surface area contributed by atoms with Crippen LogP contribution in [0, 0.1) is 0 Å². The Hall–Kier alpha value is -2.60. The molecule has 1 heterocycles. The van der Waals surface area contributed by atoms with E-state index in [1.54, 1.807) is 13.2 Å². The summed E-state index contributed by atoms with van der Waals surface area (Å²) in [6, 6.07) is 10.3. The Kier molecular flexibility index (Phi) is 5.94. The molecule has 1 N–H and O–H groups in total. The molecular formula is C16H15ClN2O4. The number of pyridine rings is 1. The molecule has 0 atom stereocenters. The molecular weight excluding hydrogens is 320 g/mol. The van der Waals surface area contributed by atoms with E-state index >= 15 is 0 Å². The lowest BCUT2D eigenvalue weighted by Gasteiger charge is -2.08. The van der Waals surface area contributed by atoms with Crippen molar-refractivity contribution in [3.8, 4) is 5.75 Å². The third kappa shape index (κ3) is 4.96. The van der Waals surface area contributed by atoms with Crippen LogP contribution in [0.4, 0.5) is 0 Å². The number of amides is 1. The molecule has 6 nitrogen and oxygen atoms in total. The van der Waals surface area contributed by atoms with Gasteiger partial charge < -0.3 is 14.8 Å². The molecule has 1 amide bonds. The van der Waals surface area contributed by atoms with E-state index in [9.17, 15) is 9.59 Å². The molecule has 1 aromatic carbocycles. The van der Waals surface area contributed by atoms with Gasteiger partial charge in [0.15, 0.2) is 6.61 Å². The van der Waals surface area contributed by atoms with E-state index in [-0.39, 0.29) is 10.7 Å². The van der Waals surface area contributed by atoms with Crippen LogP contribution < -0.4 is 10.1 Å². The number of carbonyl (C=O) groups is 2. The van der Waals surface area contributed by atoms with Gasteiger partial charge in [0, 0.05) is 12.7 Å². The van der Waals surface area contributed by atoms with Gasteiger partial charge in [-0.3, -0.25) is 4.79 Å². The maximum absolute atomic E-state index is 11.8. The summed E-state index contributed by atoms with van der Waals surface area (Å²) in [5.41, 5.74) is 0.995. The summed E-state index contributed by atoms with van der Waals surface area (Å²) in [5, 5.41) is 2.69. The smallest absolute Gasteiger partial charge is 0.341 e. The van der Waals surface area contributed by atoms with Crippen molar-refractivity contribution in [1.29, 1.82) is 0 Å². The van der Waals surface area contributed by atoms with Crippen LogP contribution in [0.3, 0.4) is 0 Å². The molecule has 0 unspecified atom stereocenters. The number of benzene rings is 1. The highest BCUT2D eigenvalue weighted by atomic mass is 35.5. The third-order valence-electron chi connectivity index (χ3n) is 2.94. The lowest BCUT2D eigenvalue weighted by molar-refractivity contribution is -0.124. The summed E-state index contributed by atoms with van der Waals surface area (Å²) in [7, 11) is 1.57. The quantitative estimate of drug-likeness (QED) is 0.647. The molecule has 0 saturated carbocycles. The Morgan fingerprint density at radius 1 is 1.26 bits per heavy atom. The third-order valence-corrected chi connectivity index (χ3v) is 3.24. The summed E-state index contributed by atoms with van der Waals surface area (Å²) in [6.07, 6.45) is 1.46. The topological polar surface area (TPSA) is 77.5 Å². The summed E-state index contributed by atoms with van der Waals surface area (Å²) in [4.78, 5) is 27.3. The number of methoxy groups -OCH3 is 1. The van der Waals surface area contributed by atoms with E-state index in [2.05, 4.69) is 10.3 Å². The van der Waals surface area contributed by atoms with Crippen LogP contribution in [0.1, 0.15) is 15.9 Å². The minimum absolute atomic E-state index is 0.0364. The number of hydrogen-bond acceptors (Lipinski definition) is 5. The maximum atomic E-state index is 11.8. The Bertz CT molecular complexity index is 706. The monoisotopic (exact) mass is 334 g/mol. The van der Waals surface area contributed by atoms with E-state index in [0.717, 1.165) is 5.56 Å². The number of rotatable bonds is 6. The van der Waals surface area contributed by atoms with E-state index < -0.39 is 18.5 Å². The van der Waals surface area contributed by atoms with Crippen LogP contribution in [0.15, 0.2) is 42.6 Å². The number of hydrogen-bond donors (Lipinski definition) is 1. The van der Waals surface area contributed by atoms with Crippen molar-refractivity contribution < 1.29 is 19.1 Å². The molecule has 2 rings (SSSR count). The summed E-state index contributed by atoms with van der Waals surface area (Å²) in [5.74, 6) is -0.407. The highest BCUT2D eigenvalue weighted by Crippen LogP contribution is 2.13. The zero-order chi connectivity index (χ0) is 16.7. The molecule has 23 heavy (non-hydrogen) atoms. The Labute approximate surface area is 138 Å². The van der Waals surface area contributed by atoms with Gasteiger partial charge in [-0.1, -0.05) is 23.7 Å². The molecule has 0 aliphatic carbocycles. The number of aromatic nitrogens is 1. The van der Waals surface area contributed by atoms with Crippen molar-refractivity contribution in [3.63, 3.8) is 0 Å². The second-order valence-corrected chi connectivity index (χ2v) is 4.90. The Morgan fingerprint density at radius 2 is 2.09 bits per heavy atom. The van der Waals surface area contributed by atoms with Crippen molar-refractivity contribution >= 4 is 23.5 Å². The normalized spacial score (nSPS) is 10.0. The van der Waals surface area contributed by atoms with Crippen molar-refractivity contribution in [1.82, 2.24) is 10.3 Å². The lowest BCUT2D eigenvalue weighted by Crippen LogP contribution is -2.28. The van der Waals surface area contributed by atoms with Crippen LogP contribution in [-0.2, 0) is 16.1 Å². The summed E-state index contributed by atoms with van der Waals surface area (Å²) < 4.78 is 10.0. The average Bonchev–Trinajstić information content (AvgIpc) is 2.58. The maximum Gasteiger partial charge on any atom is 0.341 e. The number of nitrogens with zero attached hydrogens (tertiary/aromatic N) is 1. The number of ether oxygens (including phenoxy) is 2. The van der Waals surface area contributed by atoms with Gasteiger partial charge in [0.2, 0.25) is 0 Å². The zero-order valence-corrected chi connectivity index (χ0v) is 13.2. The average molecular weight is 335 g/mol. The lowest BCUT2D eigenvalue weighted by atomic mass is 10.2. The first-order valence-corrected chi connectivity index (χ1v) is 7.15. The van der Waals surface area contributed by atoms with Gasteiger partial charge in [0.1, 0.15) is 10.9 Å². The van der Waals surface area contributed by atoms with E-state index in [1.807, 2.05) is 24.3 Å². The number of nitrogens with one attached hydrogen (secondary N) is 1. The highest BCUT2D eigenvalue weighted by Gasteiger charge is 2.13. The van der Waals surface area contributed by atoms with Gasteiger partial charge in [-0.05, 0) is 29.8 Å². The fourth-order valence-corrected chi connectivity index (χ4v) is 1.98. The minimum Gasteiger partial charge on any atom is -0.497 e. The number of esters is 1. The van der Waals surface area contributed by atoms with E-state index in [4.69, 9.17) is 21.1 Å². The Morgan fingerprint density at radius 3 is 2.83 bits per heavy atom. The van der Waals surface area contributed by atoms with Crippen molar-refractivity contribution in [2.75, 3.05) is 13.7 Å². The zero-order valence-electron chi connectivity index (χ0n) is 12.4. The highest BCUT2D eigenvalue weighted by molar-refractivity contribution is 6.32. The predicted molar refractivity (Wildman–Crippen MR) is 84.4 cm³/mol. The van der Waals surface area contributed by atoms with Crippen molar-refractivity contribution in [2.24, 2.45) is 0 Å². The van der Waals surface area contributed by atoms with Crippen molar-refractivity contribution in [2.45, 2.75) is 6.54 Å². The predicted octanol–water partition coefficient (Wildman–Crippen LogP) is 2.22. The van der Waals surface area contributed by atoms with Gasteiger partial charge in [0.25, 0.3) is 5.91 Å². The number of carbonyl (C=O) groups excluding carboxylic acids is 2. The number of halogens is 1. The molecule has 7 heteroatoms. The van der Waals surface area contributed by atoms with Crippen molar-refractivity contribution in [3.05, 3.63) is 58.9 Å². The fourth-order valence-electron chi connectivity index (χ4n) is 1.78. The van der Waals surface area contributed by atoms with Crippen LogP contribution in [0.25, 0.3) is 0 Å². The van der Waals surface area contributed by atoms with Gasteiger partial charge in [-0.25, -0.2) is 9.78 Å². The second kappa shape index (κ2) is 8.14. The first-order valence-electron chi connectivity index (χ1n) is 6.77. The minimum atomic E-state index is -0.695. The molecule has 0 spiro atoms. The fraction of sp³-hybridized carbons (Fsp3) is 0.188. The van der Waals surface area contributed by atoms with Gasteiger partial charge in [-0.15, -0.1) is 0 Å². The first kappa shape index (κ1) is 16.8. The van der Waals surface area contributed by atoms with Gasteiger partial charge in [-0.2, -0.15) is 0 Å². The molecule has 2 aromatic rings. The van der Waals surface area contributed by atoms with Crippen LogP contribution in [-0.4, -0.2) is 30.6 Å². The van der Waals surface area contributed by atoms with Gasteiger partial charge in [0.05, 0.1) is 12.7 Å². The van der Waals surface area contributed by atoms with Crippen LogP contribution in [0.2, 0.25) is 5.15 Å². The molecule has 0 radical (unpaired) electrons. The van der Waals surface area contributed by atoms with Gasteiger partial charge >= 0.3 is 5.97 Å². The summed E-state index contributed by atoms with van der Waals surface area (Å²) in [6.45, 7) is -0.0880. The van der Waals surface area contributed by atoms with E-state index in [1.165, 1.54) is 12.3 Å². The first-order chi connectivity index (χ1) is 11.1. The molecule has 0 aliphatic heterocycles. The largest absolute Gasteiger partial charge is 0.497 e. The Balaban J connectivity index is 1.81. The molecule has 1 aromatic heterocycles. The summed E-state index contributed by atoms with van der Waals surface area (Å²) >= 11 is 5.78. The molecule has 0 bridgehead atoms. The van der Waals surface area contributed by atoms with E-state index in [0.29, 0.717) is 12.3 Å². The molecule has 120 valence electrons. The van der Waals surface area contributed by atoms with Crippen LogP contribution >= 0.6 is 11.6 Å². The molecule has 0 aliphatic rings. The SMILES string of the molecule is COc1cccc(CNC(=O)COC(=O)c2cccnc2Cl)c1. The standard InChI is InChI=1S/C16H15ClN2O4/c1-22-12-5-2-4-11(8-12)9-19-14(20)10-23-16(21)13-6-3-7-18-15(13)17/h2-8H,9-10H2,1H3,(H,19,20). The molecule has 0 fully saturated rings.